The molecular formula is C33H35ClFN5O4. The summed E-state index contributed by atoms with van der Waals surface area (Å²) in [4.78, 5) is 36.3. The van der Waals surface area contributed by atoms with Crippen LogP contribution in [0.25, 0.3) is 11.0 Å². The average Bonchev–Trinajstić information content (AvgIpc) is 3.34. The molecule has 2 aliphatic heterocycles. The maximum Gasteiger partial charge on any atom is 0.337 e. The number of carbonyl (C=O) groups excluding carboxylic acids is 2. The summed E-state index contributed by atoms with van der Waals surface area (Å²) in [5.74, 6) is -0.0718. The first-order valence-corrected chi connectivity index (χ1v) is 15.1. The number of esters is 1. The van der Waals surface area contributed by atoms with Gasteiger partial charge < -0.3 is 23.8 Å². The molecule has 0 unspecified atom stereocenters. The number of halogens is 2. The fourth-order valence-electron chi connectivity index (χ4n) is 5.78. The second-order valence-electron chi connectivity index (χ2n) is 11.4. The maximum absolute atomic E-state index is 14.9. The minimum absolute atomic E-state index is 0.115. The van der Waals surface area contributed by atoms with E-state index < -0.39 is 5.82 Å². The summed E-state index contributed by atoms with van der Waals surface area (Å²) < 4.78 is 27.7. The van der Waals surface area contributed by atoms with Gasteiger partial charge in [-0.1, -0.05) is 17.7 Å². The first kappa shape index (κ1) is 30.1. The molecule has 0 N–H and O–H groups in total. The number of hydrogen-bond acceptors (Lipinski definition) is 7. The van der Waals surface area contributed by atoms with Gasteiger partial charge in [0.2, 0.25) is 0 Å². The van der Waals surface area contributed by atoms with Gasteiger partial charge in [-0.15, -0.1) is 0 Å². The fraction of sp³-hybridized carbons (Fsp3) is 0.364. The average molecular weight is 620 g/mol. The fourth-order valence-corrected chi connectivity index (χ4v) is 6.14. The Morgan fingerprint density at radius 3 is 2.48 bits per heavy atom. The van der Waals surface area contributed by atoms with E-state index in [1.54, 1.807) is 29.0 Å². The smallest absolute Gasteiger partial charge is 0.337 e. The Bertz CT molecular complexity index is 1710. The second kappa shape index (κ2) is 12.6. The molecule has 0 radical (unpaired) electrons. The topological polar surface area (TPSA) is 80.1 Å². The number of amides is 1. The summed E-state index contributed by atoms with van der Waals surface area (Å²) in [5.41, 5.74) is 4.53. The SMILES string of the molecule is COC(=O)c1ccc2nc(CN3CCN(C(=O)c4ccc(F)c(N(C)c5ccc(C)cc5Cl)c4)CC3)n(C[C@@H]3CCO3)c2c1. The zero-order valence-corrected chi connectivity index (χ0v) is 25.8. The lowest BCUT2D eigenvalue weighted by Crippen LogP contribution is -2.48. The Morgan fingerprint density at radius 2 is 1.80 bits per heavy atom. The van der Waals surface area contributed by atoms with Gasteiger partial charge in [-0.05, 0) is 67.4 Å². The van der Waals surface area contributed by atoms with Crippen molar-refractivity contribution >= 4 is 45.9 Å². The van der Waals surface area contributed by atoms with Crippen molar-refractivity contribution in [3.63, 3.8) is 0 Å². The summed E-state index contributed by atoms with van der Waals surface area (Å²) >= 11 is 6.44. The number of aryl methyl sites for hydroxylation is 1. The highest BCUT2D eigenvalue weighted by Crippen LogP contribution is 2.33. The third-order valence-electron chi connectivity index (χ3n) is 8.47. The molecule has 44 heavy (non-hydrogen) atoms. The minimum Gasteiger partial charge on any atom is -0.465 e. The van der Waals surface area contributed by atoms with Gasteiger partial charge in [-0.3, -0.25) is 9.69 Å². The van der Waals surface area contributed by atoms with Crippen molar-refractivity contribution in [1.82, 2.24) is 19.4 Å². The van der Waals surface area contributed by atoms with E-state index >= 15 is 0 Å². The van der Waals surface area contributed by atoms with Crippen molar-refractivity contribution in [2.75, 3.05) is 51.8 Å². The second-order valence-corrected chi connectivity index (χ2v) is 11.8. The van der Waals surface area contributed by atoms with E-state index in [-0.39, 0.29) is 23.7 Å². The van der Waals surface area contributed by atoms with Crippen molar-refractivity contribution in [2.24, 2.45) is 0 Å². The Morgan fingerprint density at radius 1 is 1.05 bits per heavy atom. The van der Waals surface area contributed by atoms with E-state index in [0.717, 1.165) is 35.4 Å². The van der Waals surface area contributed by atoms with Crippen LogP contribution >= 0.6 is 11.6 Å². The number of methoxy groups -OCH3 is 1. The lowest BCUT2D eigenvalue weighted by Gasteiger charge is -2.35. The Hall–Kier alpha value is -3.99. The van der Waals surface area contributed by atoms with Gasteiger partial charge in [-0.2, -0.15) is 0 Å². The predicted octanol–water partition coefficient (Wildman–Crippen LogP) is 5.44. The van der Waals surface area contributed by atoms with Gasteiger partial charge in [0.1, 0.15) is 11.6 Å². The number of hydrogen-bond donors (Lipinski definition) is 0. The molecule has 2 fully saturated rings. The van der Waals surface area contributed by atoms with Crippen LogP contribution in [-0.2, 0) is 22.6 Å². The van der Waals surface area contributed by atoms with Gasteiger partial charge in [0.05, 0.1) is 59.3 Å². The quantitative estimate of drug-likeness (QED) is 0.243. The van der Waals surface area contributed by atoms with Gasteiger partial charge in [0.15, 0.2) is 0 Å². The molecule has 0 bridgehead atoms. The van der Waals surface area contributed by atoms with E-state index in [4.69, 9.17) is 26.1 Å². The van der Waals surface area contributed by atoms with Crippen LogP contribution in [-0.4, -0.2) is 84.3 Å². The highest BCUT2D eigenvalue weighted by molar-refractivity contribution is 6.33. The van der Waals surface area contributed by atoms with Crippen LogP contribution in [0.1, 0.15) is 38.5 Å². The van der Waals surface area contributed by atoms with Crippen LogP contribution in [0.2, 0.25) is 5.02 Å². The van der Waals surface area contributed by atoms with Gasteiger partial charge in [0.25, 0.3) is 5.91 Å². The number of ether oxygens (including phenoxy) is 2. The molecule has 2 aliphatic rings. The molecule has 2 saturated heterocycles. The van der Waals surface area contributed by atoms with Gasteiger partial charge in [-0.25, -0.2) is 14.2 Å². The molecule has 1 aromatic heterocycles. The highest BCUT2D eigenvalue weighted by Gasteiger charge is 2.27. The molecule has 0 aliphatic carbocycles. The molecule has 6 rings (SSSR count). The van der Waals surface area contributed by atoms with Crippen molar-refractivity contribution < 1.29 is 23.5 Å². The molecule has 1 atom stereocenters. The van der Waals surface area contributed by atoms with E-state index in [9.17, 15) is 14.0 Å². The van der Waals surface area contributed by atoms with Crippen molar-refractivity contribution in [3.05, 3.63) is 88.0 Å². The van der Waals surface area contributed by atoms with Gasteiger partial charge >= 0.3 is 5.97 Å². The number of anilines is 2. The monoisotopic (exact) mass is 619 g/mol. The number of aromatic nitrogens is 2. The Labute approximate surface area is 260 Å². The molecule has 1 amide bonds. The van der Waals surface area contributed by atoms with Crippen molar-refractivity contribution in [3.8, 4) is 0 Å². The molecule has 9 nitrogen and oxygen atoms in total. The number of fused-ring (bicyclic) bond motifs is 1. The normalized spacial score (nSPS) is 17.0. The number of benzene rings is 3. The van der Waals surface area contributed by atoms with Crippen LogP contribution in [0.3, 0.4) is 0 Å². The lowest BCUT2D eigenvalue weighted by atomic mass is 10.1. The van der Waals surface area contributed by atoms with E-state index in [2.05, 4.69) is 9.47 Å². The van der Waals surface area contributed by atoms with Crippen LogP contribution in [0.4, 0.5) is 15.8 Å². The summed E-state index contributed by atoms with van der Waals surface area (Å²) in [6.07, 6.45) is 1.10. The predicted molar refractivity (Wildman–Crippen MR) is 167 cm³/mol. The third kappa shape index (κ3) is 6.02. The zero-order chi connectivity index (χ0) is 31.0. The summed E-state index contributed by atoms with van der Waals surface area (Å²) in [5, 5.41) is 0.511. The van der Waals surface area contributed by atoms with Crippen LogP contribution in [0.15, 0.2) is 54.6 Å². The van der Waals surface area contributed by atoms with Crippen molar-refractivity contribution in [1.29, 1.82) is 0 Å². The lowest BCUT2D eigenvalue weighted by molar-refractivity contribution is -0.0592. The van der Waals surface area contributed by atoms with Crippen LogP contribution < -0.4 is 4.90 Å². The molecule has 11 heteroatoms. The molecule has 230 valence electrons. The third-order valence-corrected chi connectivity index (χ3v) is 8.77. The number of rotatable bonds is 8. The molecule has 0 saturated carbocycles. The van der Waals surface area contributed by atoms with E-state index in [0.29, 0.717) is 61.1 Å². The first-order valence-electron chi connectivity index (χ1n) is 14.7. The summed E-state index contributed by atoms with van der Waals surface area (Å²) in [6.45, 7) is 6.33. The highest BCUT2D eigenvalue weighted by atomic mass is 35.5. The molecule has 3 aromatic carbocycles. The molecule has 3 heterocycles. The largest absolute Gasteiger partial charge is 0.465 e. The first-order chi connectivity index (χ1) is 21.2. The molecule has 0 spiro atoms. The van der Waals surface area contributed by atoms with E-state index in [1.807, 2.05) is 37.3 Å². The zero-order valence-electron chi connectivity index (χ0n) is 25.1. The number of imidazole rings is 1. The molecular weight excluding hydrogens is 585 g/mol. The van der Waals surface area contributed by atoms with Gasteiger partial charge in [0, 0.05) is 45.4 Å². The minimum atomic E-state index is -0.431. The maximum atomic E-state index is 14.9. The number of nitrogens with zero attached hydrogens (tertiary/aromatic N) is 5. The standard InChI is InChI=1S/C33H35ClFN5O4/c1-21-4-9-28(25(34)16-21)37(2)29-17-22(5-7-26(29)35)32(41)39-13-11-38(12-14-39)20-31-36-27-8-6-23(33(42)43-3)18-30(27)40(31)19-24-10-15-44-24/h4-9,16-18,24H,10-15,19-20H2,1-3H3/t24-/m0/s1. The molecule has 4 aromatic rings. The van der Waals surface area contributed by atoms with Crippen LogP contribution in [0.5, 0.6) is 0 Å². The van der Waals surface area contributed by atoms with Crippen molar-refractivity contribution in [2.45, 2.75) is 32.5 Å². The Kier molecular flexibility index (Phi) is 8.57. The van der Waals surface area contributed by atoms with Crippen LogP contribution in [0, 0.1) is 12.7 Å². The number of carbonyl (C=O) groups is 2. The Balaban J connectivity index is 1.15. The number of piperazine rings is 1. The van der Waals surface area contributed by atoms with E-state index in [1.165, 1.54) is 19.2 Å². The summed E-state index contributed by atoms with van der Waals surface area (Å²) in [7, 11) is 3.11. The summed E-state index contributed by atoms with van der Waals surface area (Å²) in [6, 6.07) is 15.5.